The van der Waals surface area contributed by atoms with E-state index in [1.807, 2.05) is 42.5 Å². The number of aromatic nitrogens is 2. The minimum absolute atomic E-state index is 0.308. The lowest BCUT2D eigenvalue weighted by Crippen LogP contribution is -2.15. The topological polar surface area (TPSA) is 47.1 Å². The molecule has 0 amide bonds. The number of H-pyrrole nitrogens is 1. The number of hydrogen-bond donors (Lipinski definition) is 1. The molecule has 0 bridgehead atoms. The van der Waals surface area contributed by atoms with Crippen molar-refractivity contribution in [3.8, 4) is 11.5 Å². The van der Waals surface area contributed by atoms with Crippen LogP contribution in [0, 0.1) is 0 Å². The molecule has 0 saturated heterocycles. The Hall–Kier alpha value is -2.20. The van der Waals surface area contributed by atoms with E-state index in [1.54, 1.807) is 0 Å². The molecule has 1 aliphatic rings. The van der Waals surface area contributed by atoms with Gasteiger partial charge >= 0.3 is 0 Å². The van der Waals surface area contributed by atoms with E-state index in [0.29, 0.717) is 13.2 Å². The van der Waals surface area contributed by atoms with Gasteiger partial charge in [-0.15, -0.1) is 11.6 Å². The molecule has 106 valence electrons. The highest BCUT2D eigenvalue weighted by atomic mass is 35.5. The number of hydrogen-bond acceptors (Lipinski definition) is 3. The summed E-state index contributed by atoms with van der Waals surface area (Å²) in [5.41, 5.74) is 2.74. The van der Waals surface area contributed by atoms with Crippen LogP contribution < -0.4 is 9.47 Å². The van der Waals surface area contributed by atoms with Gasteiger partial charge in [0.2, 0.25) is 0 Å². The average molecular weight is 301 g/mol. The Kier molecular flexibility index (Phi) is 2.97. The van der Waals surface area contributed by atoms with Gasteiger partial charge in [-0.3, -0.25) is 0 Å². The number of benzene rings is 2. The summed E-state index contributed by atoms with van der Waals surface area (Å²) >= 11 is 6.51. The van der Waals surface area contributed by atoms with E-state index in [0.717, 1.165) is 33.9 Å². The Labute approximate surface area is 126 Å². The lowest BCUT2D eigenvalue weighted by Gasteiger charge is -2.17. The van der Waals surface area contributed by atoms with Crippen molar-refractivity contribution in [3.05, 3.63) is 53.9 Å². The van der Waals surface area contributed by atoms with Crippen LogP contribution in [0.4, 0.5) is 0 Å². The molecular weight excluding hydrogens is 288 g/mol. The maximum absolute atomic E-state index is 6.51. The second-order valence-electron chi connectivity index (χ2n) is 4.91. The number of imidazole rings is 1. The van der Waals surface area contributed by atoms with Crippen molar-refractivity contribution < 1.29 is 9.47 Å². The van der Waals surface area contributed by atoms with E-state index < -0.39 is 0 Å². The normalized spacial score (nSPS) is 15.1. The Morgan fingerprint density at radius 1 is 1.05 bits per heavy atom. The third kappa shape index (κ3) is 2.21. The fourth-order valence-electron chi connectivity index (χ4n) is 2.47. The van der Waals surface area contributed by atoms with Crippen LogP contribution in [0.2, 0.25) is 0 Å². The first-order chi connectivity index (χ1) is 10.3. The van der Waals surface area contributed by atoms with Crippen LogP contribution in [0.1, 0.15) is 16.8 Å². The lowest BCUT2D eigenvalue weighted by molar-refractivity contribution is 0.172. The molecule has 1 N–H and O–H groups in total. The molecule has 5 heteroatoms. The molecule has 4 rings (SSSR count). The van der Waals surface area contributed by atoms with Crippen molar-refractivity contribution in [2.24, 2.45) is 0 Å². The molecule has 4 nitrogen and oxygen atoms in total. The van der Waals surface area contributed by atoms with Gasteiger partial charge in [-0.2, -0.15) is 0 Å². The predicted octanol–water partition coefficient (Wildman–Crippen LogP) is 3.66. The van der Waals surface area contributed by atoms with Crippen molar-refractivity contribution in [2.75, 3.05) is 13.2 Å². The third-order valence-corrected chi connectivity index (χ3v) is 3.96. The van der Waals surface area contributed by atoms with Crippen molar-refractivity contribution in [3.63, 3.8) is 0 Å². The van der Waals surface area contributed by atoms with Crippen LogP contribution in [-0.2, 0) is 0 Å². The first-order valence-electron chi connectivity index (χ1n) is 6.79. The van der Waals surface area contributed by atoms with Crippen LogP contribution in [0.5, 0.6) is 11.5 Å². The van der Waals surface area contributed by atoms with Crippen LogP contribution >= 0.6 is 11.6 Å². The molecule has 1 atom stereocenters. The largest absolute Gasteiger partial charge is 0.486 e. The summed E-state index contributed by atoms with van der Waals surface area (Å²) in [6.45, 7) is 1.14. The van der Waals surface area contributed by atoms with Gasteiger partial charge in [-0.1, -0.05) is 30.3 Å². The average Bonchev–Trinajstić information content (AvgIpc) is 2.95. The summed E-state index contributed by atoms with van der Waals surface area (Å²) in [5.74, 6) is 2.20. The number of nitrogens with zero attached hydrogens (tertiary/aromatic N) is 1. The Bertz CT molecular complexity index is 743. The highest BCUT2D eigenvalue weighted by Gasteiger charge is 2.18. The smallest absolute Gasteiger partial charge is 0.163 e. The molecule has 21 heavy (non-hydrogen) atoms. The summed E-state index contributed by atoms with van der Waals surface area (Å²) in [5, 5.41) is -0.308. The lowest BCUT2D eigenvalue weighted by atomic mass is 10.1. The summed E-state index contributed by atoms with van der Waals surface area (Å²) < 4.78 is 11.2. The van der Waals surface area contributed by atoms with Gasteiger partial charge in [0, 0.05) is 12.1 Å². The van der Waals surface area contributed by atoms with Gasteiger partial charge in [-0.05, 0) is 5.56 Å². The maximum atomic E-state index is 6.51. The first-order valence-corrected chi connectivity index (χ1v) is 7.23. The molecule has 0 saturated carbocycles. The van der Waals surface area contributed by atoms with Crippen LogP contribution in [0.3, 0.4) is 0 Å². The fraction of sp³-hybridized carbons (Fsp3) is 0.188. The van der Waals surface area contributed by atoms with Crippen molar-refractivity contribution in [1.82, 2.24) is 9.97 Å². The monoisotopic (exact) mass is 300 g/mol. The van der Waals surface area contributed by atoms with Crippen molar-refractivity contribution in [1.29, 1.82) is 0 Å². The van der Waals surface area contributed by atoms with Gasteiger partial charge in [0.25, 0.3) is 0 Å². The third-order valence-electron chi connectivity index (χ3n) is 3.50. The SMILES string of the molecule is ClC(c1ccccc1)c1nc2cc3c(cc2[nH]1)OCCO3. The summed E-state index contributed by atoms with van der Waals surface area (Å²) in [4.78, 5) is 7.84. The standard InChI is InChI=1S/C16H13ClN2O2/c17-15(10-4-2-1-3-5-10)16-18-11-8-13-14(9-12(11)19-16)21-7-6-20-13/h1-5,8-9,15H,6-7H2,(H,18,19). The second kappa shape index (κ2) is 4.97. The van der Waals surface area contributed by atoms with E-state index in [4.69, 9.17) is 21.1 Å². The highest BCUT2D eigenvalue weighted by Crippen LogP contribution is 2.35. The van der Waals surface area contributed by atoms with Crippen LogP contribution in [0.15, 0.2) is 42.5 Å². The molecule has 1 aliphatic heterocycles. The van der Waals surface area contributed by atoms with Crippen LogP contribution in [-0.4, -0.2) is 23.2 Å². The molecule has 0 aliphatic carbocycles. The zero-order valence-electron chi connectivity index (χ0n) is 11.2. The number of ether oxygens (including phenoxy) is 2. The predicted molar refractivity (Wildman–Crippen MR) is 81.2 cm³/mol. The number of rotatable bonds is 2. The minimum Gasteiger partial charge on any atom is -0.486 e. The fourth-order valence-corrected chi connectivity index (χ4v) is 2.72. The number of fused-ring (bicyclic) bond motifs is 2. The molecule has 3 aromatic rings. The number of alkyl halides is 1. The second-order valence-corrected chi connectivity index (χ2v) is 5.34. The number of halogens is 1. The van der Waals surface area contributed by atoms with E-state index in [1.165, 1.54) is 0 Å². The summed E-state index contributed by atoms with van der Waals surface area (Å²) in [6.07, 6.45) is 0. The van der Waals surface area contributed by atoms with E-state index in [9.17, 15) is 0 Å². The summed E-state index contributed by atoms with van der Waals surface area (Å²) in [7, 11) is 0. The first kappa shape index (κ1) is 12.5. The molecule has 0 spiro atoms. The molecule has 2 heterocycles. The molecule has 2 aromatic carbocycles. The van der Waals surface area contributed by atoms with Gasteiger partial charge in [-0.25, -0.2) is 4.98 Å². The quantitative estimate of drug-likeness (QED) is 0.735. The van der Waals surface area contributed by atoms with E-state index in [2.05, 4.69) is 9.97 Å². The van der Waals surface area contributed by atoms with Gasteiger partial charge < -0.3 is 14.5 Å². The Morgan fingerprint density at radius 3 is 2.52 bits per heavy atom. The number of nitrogens with one attached hydrogen (secondary N) is 1. The zero-order valence-corrected chi connectivity index (χ0v) is 11.9. The minimum atomic E-state index is -0.308. The van der Waals surface area contributed by atoms with Crippen molar-refractivity contribution >= 4 is 22.6 Å². The van der Waals surface area contributed by atoms with E-state index >= 15 is 0 Å². The summed E-state index contributed by atoms with van der Waals surface area (Å²) in [6, 6.07) is 13.7. The molecule has 0 radical (unpaired) electrons. The number of aromatic amines is 1. The highest BCUT2D eigenvalue weighted by molar-refractivity contribution is 6.22. The Balaban J connectivity index is 1.77. The van der Waals surface area contributed by atoms with Crippen LogP contribution in [0.25, 0.3) is 11.0 Å². The molecule has 1 aromatic heterocycles. The molecular formula is C16H13ClN2O2. The van der Waals surface area contributed by atoms with Gasteiger partial charge in [0.1, 0.15) is 24.4 Å². The maximum Gasteiger partial charge on any atom is 0.163 e. The van der Waals surface area contributed by atoms with Crippen molar-refractivity contribution in [2.45, 2.75) is 5.38 Å². The van der Waals surface area contributed by atoms with Gasteiger partial charge in [0.05, 0.1) is 11.0 Å². The Morgan fingerprint density at radius 2 is 1.76 bits per heavy atom. The molecule has 1 unspecified atom stereocenters. The zero-order chi connectivity index (χ0) is 14.2. The van der Waals surface area contributed by atoms with E-state index in [-0.39, 0.29) is 5.38 Å². The van der Waals surface area contributed by atoms with Gasteiger partial charge in [0.15, 0.2) is 11.5 Å². The molecule has 0 fully saturated rings.